The molecule has 164 valence electrons. The Kier molecular flexibility index (Phi) is 7.80. The molecule has 0 saturated heterocycles. The largest absolute Gasteiger partial charge is 0.514 e. The molecule has 0 aliphatic carbocycles. The fourth-order valence-corrected chi connectivity index (χ4v) is 2.66. The first-order valence-corrected chi connectivity index (χ1v) is 9.64. The maximum atomic E-state index is 12.2. The molecule has 32 heavy (non-hydrogen) atoms. The van der Waals surface area contributed by atoms with E-state index in [9.17, 15) is 14.4 Å². The number of carbonyl (C=O) groups is 3. The maximum absolute atomic E-state index is 12.2. The van der Waals surface area contributed by atoms with Gasteiger partial charge in [0, 0.05) is 0 Å². The second kappa shape index (κ2) is 11.2. The molecule has 3 rings (SSSR count). The zero-order valence-electron chi connectivity index (χ0n) is 17.3. The lowest BCUT2D eigenvalue weighted by Crippen LogP contribution is -2.17. The molecule has 3 aromatic carbocycles. The number of hydrogen-bond donors (Lipinski definition) is 1. The number of hydrogen-bond acceptors (Lipinski definition) is 7. The predicted octanol–water partition coefficient (Wildman–Crippen LogP) is 4.94. The molecule has 0 radical (unpaired) electrons. The van der Waals surface area contributed by atoms with Gasteiger partial charge >= 0.3 is 18.2 Å². The number of amides is 1. The van der Waals surface area contributed by atoms with Crippen LogP contribution >= 0.6 is 0 Å². The fraction of sp³-hybridized carbons (Fsp3) is 0.125. The normalized spacial score (nSPS) is 10.0. The van der Waals surface area contributed by atoms with Crippen LogP contribution in [0, 0.1) is 0 Å². The summed E-state index contributed by atoms with van der Waals surface area (Å²) in [5.74, 6) is -0.728. The molecule has 8 heteroatoms. The van der Waals surface area contributed by atoms with E-state index in [-0.39, 0.29) is 30.2 Å². The van der Waals surface area contributed by atoms with E-state index in [4.69, 9.17) is 14.2 Å². The van der Waals surface area contributed by atoms with Gasteiger partial charge < -0.3 is 18.9 Å². The highest BCUT2D eigenvalue weighted by Crippen LogP contribution is 2.27. The molecule has 0 aliphatic rings. The van der Waals surface area contributed by atoms with Gasteiger partial charge in [-0.05, 0) is 29.3 Å². The Bertz CT molecular complexity index is 1070. The molecule has 0 fully saturated rings. The Labute approximate surface area is 184 Å². The van der Waals surface area contributed by atoms with Crippen molar-refractivity contribution in [1.82, 2.24) is 0 Å². The predicted molar refractivity (Wildman–Crippen MR) is 115 cm³/mol. The number of nitrogens with one attached hydrogen (secondary N) is 1. The van der Waals surface area contributed by atoms with Gasteiger partial charge in [-0.1, -0.05) is 60.7 Å². The Morgan fingerprint density at radius 3 is 1.97 bits per heavy atom. The van der Waals surface area contributed by atoms with E-state index in [1.54, 1.807) is 12.1 Å². The first-order valence-electron chi connectivity index (χ1n) is 9.64. The third-order valence-corrected chi connectivity index (χ3v) is 4.24. The number of anilines is 1. The SMILES string of the molecule is COC(=O)c1ccc(NC(=O)OCc2ccccc2)c(OC(=O)OCc2ccccc2)c1. The van der Waals surface area contributed by atoms with Gasteiger partial charge in [-0.3, -0.25) is 5.32 Å². The van der Waals surface area contributed by atoms with Crippen molar-refractivity contribution in [2.75, 3.05) is 12.4 Å². The van der Waals surface area contributed by atoms with Crippen LogP contribution in [0.15, 0.2) is 78.9 Å². The van der Waals surface area contributed by atoms with Gasteiger partial charge in [0.1, 0.15) is 13.2 Å². The highest BCUT2D eigenvalue weighted by Gasteiger charge is 2.17. The molecule has 8 nitrogen and oxygen atoms in total. The quantitative estimate of drug-likeness (QED) is 0.319. The smallest absolute Gasteiger partial charge is 0.465 e. The minimum absolute atomic E-state index is 0.00174. The Morgan fingerprint density at radius 1 is 0.781 bits per heavy atom. The topological polar surface area (TPSA) is 100 Å². The summed E-state index contributed by atoms with van der Waals surface area (Å²) in [4.78, 5) is 36.2. The Balaban J connectivity index is 1.68. The maximum Gasteiger partial charge on any atom is 0.514 e. The van der Waals surface area contributed by atoms with Crippen LogP contribution in [-0.4, -0.2) is 25.3 Å². The van der Waals surface area contributed by atoms with E-state index in [2.05, 4.69) is 10.1 Å². The third-order valence-electron chi connectivity index (χ3n) is 4.24. The van der Waals surface area contributed by atoms with Gasteiger partial charge in [0.05, 0.1) is 18.4 Å². The van der Waals surface area contributed by atoms with Gasteiger partial charge in [-0.25, -0.2) is 14.4 Å². The van der Waals surface area contributed by atoms with Crippen LogP contribution in [0.4, 0.5) is 15.3 Å². The van der Waals surface area contributed by atoms with E-state index < -0.39 is 18.2 Å². The standard InChI is InChI=1S/C24H21NO7/c1-29-22(26)19-12-13-20(25-23(27)30-15-17-8-4-2-5-9-17)21(14-19)32-24(28)31-16-18-10-6-3-7-11-18/h2-14H,15-16H2,1H3,(H,25,27). The molecule has 0 saturated carbocycles. The number of methoxy groups -OCH3 is 1. The Hall–Kier alpha value is -4.33. The lowest BCUT2D eigenvalue weighted by molar-refractivity contribution is 0.0599. The van der Waals surface area contributed by atoms with Crippen LogP contribution in [0.1, 0.15) is 21.5 Å². The van der Waals surface area contributed by atoms with Gasteiger partial charge in [0.25, 0.3) is 0 Å². The summed E-state index contributed by atoms with van der Waals surface area (Å²) in [5, 5.41) is 2.50. The number of benzene rings is 3. The minimum atomic E-state index is -1.00. The van der Waals surface area contributed by atoms with Crippen LogP contribution in [0.25, 0.3) is 0 Å². The summed E-state index contributed by atoms with van der Waals surface area (Å²) in [6, 6.07) is 22.3. The monoisotopic (exact) mass is 435 g/mol. The summed E-state index contributed by atoms with van der Waals surface area (Å²) in [7, 11) is 1.23. The highest BCUT2D eigenvalue weighted by atomic mass is 16.7. The molecular formula is C24H21NO7. The molecule has 0 unspecified atom stereocenters. The number of rotatable bonds is 7. The molecule has 0 aliphatic heterocycles. The molecule has 0 spiro atoms. The van der Waals surface area contributed by atoms with Crippen molar-refractivity contribution in [2.24, 2.45) is 0 Å². The highest BCUT2D eigenvalue weighted by molar-refractivity contribution is 5.93. The summed E-state index contributed by atoms with van der Waals surface area (Å²) >= 11 is 0. The van der Waals surface area contributed by atoms with Crippen LogP contribution < -0.4 is 10.1 Å². The summed E-state index contributed by atoms with van der Waals surface area (Å²) in [5.41, 5.74) is 1.83. The van der Waals surface area contributed by atoms with Crippen LogP contribution in [-0.2, 0) is 27.4 Å². The van der Waals surface area contributed by atoms with Gasteiger partial charge in [0.15, 0.2) is 5.75 Å². The molecule has 0 heterocycles. The van der Waals surface area contributed by atoms with Crippen molar-refractivity contribution in [3.05, 3.63) is 95.6 Å². The second-order valence-electron chi connectivity index (χ2n) is 6.52. The Morgan fingerprint density at radius 2 is 1.38 bits per heavy atom. The molecule has 0 atom stereocenters. The molecule has 0 aromatic heterocycles. The number of ether oxygens (including phenoxy) is 4. The van der Waals surface area contributed by atoms with Crippen molar-refractivity contribution < 1.29 is 33.3 Å². The van der Waals surface area contributed by atoms with Crippen molar-refractivity contribution in [3.63, 3.8) is 0 Å². The lowest BCUT2D eigenvalue weighted by atomic mass is 10.2. The molecule has 1 N–H and O–H groups in total. The zero-order chi connectivity index (χ0) is 22.8. The number of esters is 1. The van der Waals surface area contributed by atoms with Gasteiger partial charge in [-0.2, -0.15) is 0 Å². The van der Waals surface area contributed by atoms with Crippen LogP contribution in [0.2, 0.25) is 0 Å². The summed E-state index contributed by atoms with van der Waals surface area (Å²) in [6.45, 7) is 0.0560. The zero-order valence-corrected chi connectivity index (χ0v) is 17.3. The van der Waals surface area contributed by atoms with Crippen molar-refractivity contribution in [1.29, 1.82) is 0 Å². The fourth-order valence-electron chi connectivity index (χ4n) is 2.66. The van der Waals surface area contributed by atoms with Gasteiger partial charge in [0.2, 0.25) is 0 Å². The minimum Gasteiger partial charge on any atom is -0.465 e. The van der Waals surface area contributed by atoms with E-state index in [0.29, 0.717) is 0 Å². The van der Waals surface area contributed by atoms with Crippen molar-refractivity contribution in [2.45, 2.75) is 13.2 Å². The first kappa shape index (κ1) is 22.4. The van der Waals surface area contributed by atoms with E-state index >= 15 is 0 Å². The molecule has 3 aromatic rings. The molecular weight excluding hydrogens is 414 g/mol. The first-order chi connectivity index (χ1) is 15.5. The lowest BCUT2D eigenvalue weighted by Gasteiger charge is -2.13. The summed E-state index contributed by atoms with van der Waals surface area (Å²) < 4.78 is 20.2. The van der Waals surface area contributed by atoms with E-state index in [0.717, 1.165) is 11.1 Å². The van der Waals surface area contributed by atoms with E-state index in [1.807, 2.05) is 48.5 Å². The summed E-state index contributed by atoms with van der Waals surface area (Å²) in [6.07, 6.45) is -1.77. The van der Waals surface area contributed by atoms with Crippen LogP contribution in [0.3, 0.4) is 0 Å². The second-order valence-corrected chi connectivity index (χ2v) is 6.52. The van der Waals surface area contributed by atoms with Crippen LogP contribution in [0.5, 0.6) is 5.75 Å². The van der Waals surface area contributed by atoms with Crippen molar-refractivity contribution in [3.8, 4) is 5.75 Å². The van der Waals surface area contributed by atoms with Gasteiger partial charge in [-0.15, -0.1) is 0 Å². The molecule has 1 amide bonds. The molecule has 0 bridgehead atoms. The van der Waals surface area contributed by atoms with E-state index in [1.165, 1.54) is 25.3 Å². The number of carbonyl (C=O) groups excluding carboxylic acids is 3. The van der Waals surface area contributed by atoms with Crippen molar-refractivity contribution >= 4 is 23.9 Å². The average molecular weight is 435 g/mol. The third kappa shape index (κ3) is 6.60. The average Bonchev–Trinajstić information content (AvgIpc) is 2.83.